The number of carbonyl (C=O) groups is 4. The van der Waals surface area contributed by atoms with Gasteiger partial charge in [0.2, 0.25) is 0 Å². The van der Waals surface area contributed by atoms with Crippen LogP contribution in [0.3, 0.4) is 0 Å². The first kappa shape index (κ1) is 26.6. The van der Waals surface area contributed by atoms with Crippen molar-refractivity contribution in [3.05, 3.63) is 99.2 Å². The molecule has 194 valence electrons. The van der Waals surface area contributed by atoms with Crippen LogP contribution >= 0.6 is 11.6 Å². The number of anilines is 3. The van der Waals surface area contributed by atoms with Gasteiger partial charge in [-0.25, -0.2) is 9.69 Å². The van der Waals surface area contributed by atoms with Crippen LogP contribution in [0, 0.1) is 20.8 Å². The second kappa shape index (κ2) is 10.9. The average molecular weight is 532 g/mol. The number of rotatable bonds is 7. The third-order valence-electron chi connectivity index (χ3n) is 6.00. The summed E-state index contributed by atoms with van der Waals surface area (Å²) in [5, 5.41) is 5.57. The number of benzene rings is 3. The fourth-order valence-electron chi connectivity index (χ4n) is 4.22. The van der Waals surface area contributed by atoms with Crippen LogP contribution in [0.4, 0.5) is 17.1 Å². The zero-order valence-electron chi connectivity index (χ0n) is 21.3. The van der Waals surface area contributed by atoms with Crippen molar-refractivity contribution in [2.75, 3.05) is 22.1 Å². The summed E-state index contributed by atoms with van der Waals surface area (Å²) in [6.07, 6.45) is 0. The summed E-state index contributed by atoms with van der Waals surface area (Å²) in [6, 6.07) is 16.4. The maximum absolute atomic E-state index is 13.1. The van der Waals surface area contributed by atoms with E-state index in [2.05, 4.69) is 10.6 Å². The van der Waals surface area contributed by atoms with Crippen molar-refractivity contribution in [2.45, 2.75) is 27.7 Å². The van der Waals surface area contributed by atoms with Gasteiger partial charge < -0.3 is 15.4 Å². The molecule has 8 nitrogen and oxygen atoms in total. The number of hydrogen-bond acceptors (Lipinski definition) is 6. The lowest BCUT2D eigenvalue weighted by Gasteiger charge is -2.15. The predicted molar refractivity (Wildman–Crippen MR) is 146 cm³/mol. The van der Waals surface area contributed by atoms with E-state index >= 15 is 0 Å². The molecule has 2 N–H and O–H groups in total. The Kier molecular flexibility index (Phi) is 7.64. The molecule has 9 heteroatoms. The topological polar surface area (TPSA) is 105 Å². The van der Waals surface area contributed by atoms with Gasteiger partial charge in [-0.15, -0.1) is 0 Å². The van der Waals surface area contributed by atoms with Crippen molar-refractivity contribution in [1.82, 2.24) is 0 Å². The van der Waals surface area contributed by atoms with Gasteiger partial charge in [-0.1, -0.05) is 29.3 Å². The van der Waals surface area contributed by atoms with E-state index in [9.17, 15) is 19.2 Å². The van der Waals surface area contributed by atoms with E-state index in [1.807, 2.05) is 32.9 Å². The van der Waals surface area contributed by atoms with Gasteiger partial charge in [0.1, 0.15) is 10.7 Å². The van der Waals surface area contributed by atoms with Crippen LogP contribution in [0.5, 0.6) is 0 Å². The third-order valence-corrected chi connectivity index (χ3v) is 6.35. The summed E-state index contributed by atoms with van der Waals surface area (Å²) in [6.45, 7) is 7.82. The Balaban J connectivity index is 1.47. The van der Waals surface area contributed by atoms with Gasteiger partial charge in [-0.3, -0.25) is 14.4 Å². The van der Waals surface area contributed by atoms with E-state index in [-0.39, 0.29) is 28.9 Å². The Morgan fingerprint density at radius 1 is 0.868 bits per heavy atom. The Labute approximate surface area is 225 Å². The molecule has 4 rings (SSSR count). The summed E-state index contributed by atoms with van der Waals surface area (Å²) in [5.41, 5.74) is 5.19. The molecule has 0 aromatic heterocycles. The molecule has 0 bridgehead atoms. The molecule has 0 saturated carbocycles. The van der Waals surface area contributed by atoms with Crippen LogP contribution < -0.4 is 15.5 Å². The fourth-order valence-corrected chi connectivity index (χ4v) is 4.43. The molecule has 1 aliphatic heterocycles. The highest BCUT2D eigenvalue weighted by atomic mass is 35.5. The highest BCUT2D eigenvalue weighted by Crippen LogP contribution is 2.30. The Morgan fingerprint density at radius 3 is 2.03 bits per heavy atom. The molecule has 3 aromatic carbocycles. The van der Waals surface area contributed by atoms with Crippen molar-refractivity contribution in [1.29, 1.82) is 0 Å². The van der Waals surface area contributed by atoms with E-state index in [1.165, 1.54) is 24.3 Å². The molecule has 1 aliphatic rings. The Hall–Kier alpha value is -4.43. The molecule has 0 radical (unpaired) electrons. The van der Waals surface area contributed by atoms with Gasteiger partial charge in [-0.05, 0) is 87.4 Å². The van der Waals surface area contributed by atoms with Gasteiger partial charge >= 0.3 is 5.97 Å². The van der Waals surface area contributed by atoms with Crippen LogP contribution in [0.2, 0.25) is 0 Å². The van der Waals surface area contributed by atoms with Crippen LogP contribution in [0.25, 0.3) is 0 Å². The van der Waals surface area contributed by atoms with Gasteiger partial charge in [0, 0.05) is 16.9 Å². The molecular formula is C29H26ClN3O5. The maximum atomic E-state index is 13.1. The van der Waals surface area contributed by atoms with Crippen LogP contribution in [0.1, 0.15) is 44.3 Å². The molecule has 0 fully saturated rings. The number of nitrogens with zero attached hydrogens (tertiary/aromatic N) is 1. The largest absolute Gasteiger partial charge is 0.462 e. The van der Waals surface area contributed by atoms with Crippen molar-refractivity contribution < 1.29 is 23.9 Å². The highest BCUT2D eigenvalue weighted by Gasteiger charge is 2.39. The third kappa shape index (κ3) is 5.31. The second-order valence-electron chi connectivity index (χ2n) is 8.83. The zero-order chi connectivity index (χ0) is 27.6. The molecule has 3 amide bonds. The van der Waals surface area contributed by atoms with Gasteiger partial charge in [0.05, 0.1) is 17.9 Å². The summed E-state index contributed by atoms with van der Waals surface area (Å²) >= 11 is 6.22. The minimum Gasteiger partial charge on any atom is -0.462 e. The Morgan fingerprint density at radius 2 is 1.45 bits per heavy atom. The summed E-state index contributed by atoms with van der Waals surface area (Å²) in [5.74, 6) is -2.11. The monoisotopic (exact) mass is 531 g/mol. The molecular weight excluding hydrogens is 506 g/mol. The number of amides is 3. The summed E-state index contributed by atoms with van der Waals surface area (Å²) in [7, 11) is 0. The van der Waals surface area contributed by atoms with E-state index in [0.717, 1.165) is 27.3 Å². The van der Waals surface area contributed by atoms with Crippen molar-refractivity contribution in [3.8, 4) is 0 Å². The van der Waals surface area contributed by atoms with E-state index in [1.54, 1.807) is 31.2 Å². The number of ether oxygens (including phenoxy) is 1. The lowest BCUT2D eigenvalue weighted by atomic mass is 10.0. The number of nitrogens with one attached hydrogen (secondary N) is 2. The van der Waals surface area contributed by atoms with E-state index < -0.39 is 17.8 Å². The smallest absolute Gasteiger partial charge is 0.338 e. The summed E-state index contributed by atoms with van der Waals surface area (Å²) in [4.78, 5) is 51.4. The van der Waals surface area contributed by atoms with Crippen LogP contribution in [0.15, 0.2) is 71.4 Å². The standard InChI is InChI=1S/C29H26ClN3O5/c1-5-38-29(37)20-8-12-22(13-9-20)33-27(35)23(30)25(28(33)36)31-21-10-6-19(7-11-21)26(34)32-24-17(3)14-16(2)15-18(24)4/h6-15,31H,5H2,1-4H3,(H,32,34). The Bertz CT molecular complexity index is 1450. The first-order valence-electron chi connectivity index (χ1n) is 11.9. The number of esters is 1. The normalized spacial score (nSPS) is 13.1. The minimum atomic E-state index is -0.692. The predicted octanol–water partition coefficient (Wildman–Crippen LogP) is 5.48. The number of aryl methyl sites for hydroxylation is 3. The van der Waals surface area contributed by atoms with Gasteiger partial charge in [-0.2, -0.15) is 0 Å². The van der Waals surface area contributed by atoms with Gasteiger partial charge in [0.25, 0.3) is 17.7 Å². The molecule has 0 aliphatic carbocycles. The van der Waals surface area contributed by atoms with Crippen molar-refractivity contribution >= 4 is 52.4 Å². The highest BCUT2D eigenvalue weighted by molar-refractivity contribution is 6.53. The van der Waals surface area contributed by atoms with E-state index in [0.29, 0.717) is 16.8 Å². The lowest BCUT2D eigenvalue weighted by molar-refractivity contribution is -0.120. The molecule has 0 atom stereocenters. The number of hydrogen-bond donors (Lipinski definition) is 2. The molecule has 1 heterocycles. The zero-order valence-corrected chi connectivity index (χ0v) is 22.1. The summed E-state index contributed by atoms with van der Waals surface area (Å²) < 4.78 is 4.95. The molecule has 0 saturated heterocycles. The van der Waals surface area contributed by atoms with Crippen molar-refractivity contribution in [3.63, 3.8) is 0 Å². The van der Waals surface area contributed by atoms with Gasteiger partial charge in [0.15, 0.2) is 0 Å². The number of carbonyl (C=O) groups excluding carboxylic acids is 4. The first-order valence-corrected chi connectivity index (χ1v) is 12.3. The fraction of sp³-hybridized carbons (Fsp3) is 0.172. The number of imide groups is 1. The number of halogens is 1. The molecule has 3 aromatic rings. The maximum Gasteiger partial charge on any atom is 0.338 e. The second-order valence-corrected chi connectivity index (χ2v) is 9.21. The quantitative estimate of drug-likeness (QED) is 0.309. The lowest BCUT2D eigenvalue weighted by Crippen LogP contribution is -2.32. The van der Waals surface area contributed by atoms with Crippen LogP contribution in [-0.4, -0.2) is 30.3 Å². The molecule has 38 heavy (non-hydrogen) atoms. The SMILES string of the molecule is CCOC(=O)c1ccc(N2C(=O)C(Cl)=C(Nc3ccc(C(=O)Nc4c(C)cc(C)cc4C)cc3)C2=O)cc1. The van der Waals surface area contributed by atoms with Crippen molar-refractivity contribution in [2.24, 2.45) is 0 Å². The average Bonchev–Trinajstić information content (AvgIpc) is 3.09. The first-order chi connectivity index (χ1) is 18.1. The van der Waals surface area contributed by atoms with Crippen LogP contribution in [-0.2, 0) is 14.3 Å². The van der Waals surface area contributed by atoms with E-state index in [4.69, 9.17) is 16.3 Å². The molecule has 0 unspecified atom stereocenters. The minimum absolute atomic E-state index is 0.0887. The molecule has 0 spiro atoms.